The molecule has 1 heterocycles. The lowest BCUT2D eigenvalue weighted by molar-refractivity contribution is 0.497. The van der Waals surface area contributed by atoms with Crippen LogP contribution in [0.5, 0.6) is 0 Å². The lowest BCUT2D eigenvalue weighted by Gasteiger charge is -2.16. The van der Waals surface area contributed by atoms with Crippen molar-refractivity contribution in [3.8, 4) is 0 Å². The third-order valence-electron chi connectivity index (χ3n) is 2.20. The Morgan fingerprint density at radius 2 is 2.40 bits per heavy atom. The highest BCUT2D eigenvalue weighted by Crippen LogP contribution is 2.23. The van der Waals surface area contributed by atoms with Gasteiger partial charge in [-0.25, -0.2) is 4.68 Å². The summed E-state index contributed by atoms with van der Waals surface area (Å²) in [7, 11) is 1.90. The molecule has 1 atom stereocenters. The number of hydrogen-bond acceptors (Lipinski definition) is 3. The van der Waals surface area contributed by atoms with E-state index >= 15 is 0 Å². The van der Waals surface area contributed by atoms with Crippen molar-refractivity contribution in [2.24, 2.45) is 7.05 Å². The van der Waals surface area contributed by atoms with E-state index in [2.05, 4.69) is 45.1 Å². The molecule has 1 rings (SSSR count). The van der Waals surface area contributed by atoms with E-state index in [1.165, 1.54) is 0 Å². The molecule has 0 aromatic carbocycles. The first-order valence-corrected chi connectivity index (χ1v) is 5.89. The molecule has 5 heteroatoms. The maximum absolute atomic E-state index is 3.98. The number of nitrogens with one attached hydrogen (secondary N) is 1. The largest absolute Gasteiger partial charge is 0.308 e. The van der Waals surface area contributed by atoms with Crippen molar-refractivity contribution in [2.75, 3.05) is 6.54 Å². The zero-order valence-electron chi connectivity index (χ0n) is 9.20. The zero-order chi connectivity index (χ0) is 11.3. The van der Waals surface area contributed by atoms with Gasteiger partial charge in [-0.1, -0.05) is 18.2 Å². The van der Waals surface area contributed by atoms with Gasteiger partial charge in [0.25, 0.3) is 0 Å². The van der Waals surface area contributed by atoms with E-state index in [0.717, 1.165) is 29.7 Å². The maximum Gasteiger partial charge on any atom is 0.153 e. The van der Waals surface area contributed by atoms with E-state index in [-0.39, 0.29) is 6.04 Å². The summed E-state index contributed by atoms with van der Waals surface area (Å²) in [4.78, 5) is 0. The Kier molecular flexibility index (Phi) is 4.98. The third kappa shape index (κ3) is 3.14. The van der Waals surface area contributed by atoms with Crippen molar-refractivity contribution < 1.29 is 0 Å². The van der Waals surface area contributed by atoms with E-state index in [9.17, 15) is 0 Å². The molecule has 0 spiro atoms. The summed E-state index contributed by atoms with van der Waals surface area (Å²) in [6.07, 6.45) is 3.89. The van der Waals surface area contributed by atoms with Crippen molar-refractivity contribution in [1.82, 2.24) is 20.3 Å². The van der Waals surface area contributed by atoms with Crippen molar-refractivity contribution in [2.45, 2.75) is 25.8 Å². The van der Waals surface area contributed by atoms with Gasteiger partial charge in [0.05, 0.1) is 11.7 Å². The summed E-state index contributed by atoms with van der Waals surface area (Å²) in [5.74, 6) is 0. The molecule has 1 N–H and O–H groups in total. The second kappa shape index (κ2) is 6.02. The molecule has 15 heavy (non-hydrogen) atoms. The van der Waals surface area contributed by atoms with Crippen molar-refractivity contribution >= 4 is 15.9 Å². The van der Waals surface area contributed by atoms with Crippen molar-refractivity contribution in [3.05, 3.63) is 23.0 Å². The summed E-state index contributed by atoms with van der Waals surface area (Å²) in [6, 6.07) is 0.233. The normalized spacial score (nSPS) is 12.7. The van der Waals surface area contributed by atoms with Crippen LogP contribution in [0.2, 0.25) is 0 Å². The Bertz CT molecular complexity index is 302. The monoisotopic (exact) mass is 272 g/mol. The zero-order valence-corrected chi connectivity index (χ0v) is 10.8. The molecule has 0 aliphatic heterocycles. The van der Waals surface area contributed by atoms with Crippen LogP contribution in [0.15, 0.2) is 17.3 Å². The fourth-order valence-corrected chi connectivity index (χ4v) is 2.09. The molecule has 0 fully saturated rings. The molecule has 0 aliphatic carbocycles. The van der Waals surface area contributed by atoms with Crippen LogP contribution in [0.3, 0.4) is 0 Å². The molecule has 1 unspecified atom stereocenters. The van der Waals surface area contributed by atoms with Gasteiger partial charge in [0.2, 0.25) is 0 Å². The van der Waals surface area contributed by atoms with Gasteiger partial charge in [0.1, 0.15) is 0 Å². The molecule has 0 bridgehead atoms. The van der Waals surface area contributed by atoms with E-state index in [4.69, 9.17) is 0 Å². The van der Waals surface area contributed by atoms with Gasteiger partial charge in [-0.2, -0.15) is 0 Å². The Labute approximate surface area is 98.9 Å². The molecule has 0 radical (unpaired) electrons. The van der Waals surface area contributed by atoms with Crippen molar-refractivity contribution in [3.63, 3.8) is 0 Å². The molecule has 84 valence electrons. The number of aryl methyl sites for hydroxylation is 1. The highest BCUT2D eigenvalue weighted by atomic mass is 79.9. The number of halogens is 1. The predicted octanol–water partition coefficient (Wildman–Crippen LogP) is 2.19. The van der Waals surface area contributed by atoms with Gasteiger partial charge in [-0.05, 0) is 35.3 Å². The van der Waals surface area contributed by atoms with Crippen LogP contribution in [-0.4, -0.2) is 21.5 Å². The highest BCUT2D eigenvalue weighted by Gasteiger charge is 2.17. The quantitative estimate of drug-likeness (QED) is 0.808. The van der Waals surface area contributed by atoms with Crippen LogP contribution in [-0.2, 0) is 7.05 Å². The second-order valence-corrected chi connectivity index (χ2v) is 4.17. The van der Waals surface area contributed by atoms with Crippen LogP contribution in [0.1, 0.15) is 31.5 Å². The summed E-state index contributed by atoms with van der Waals surface area (Å²) >= 11 is 3.41. The fourth-order valence-electron chi connectivity index (χ4n) is 1.49. The SMILES string of the molecule is C=CCC(NCCC)c1c(Br)nnn1C. The molecule has 0 saturated carbocycles. The van der Waals surface area contributed by atoms with Gasteiger partial charge >= 0.3 is 0 Å². The van der Waals surface area contributed by atoms with Crippen LogP contribution >= 0.6 is 15.9 Å². The second-order valence-electron chi connectivity index (χ2n) is 3.42. The molecule has 0 saturated heterocycles. The van der Waals surface area contributed by atoms with E-state index in [1.54, 1.807) is 4.68 Å². The summed E-state index contributed by atoms with van der Waals surface area (Å²) in [6.45, 7) is 6.90. The standard InChI is InChI=1S/C10H17BrN4/c1-4-6-8(12-7-5-2)9-10(11)13-14-15(9)3/h4,8,12H,1,5-7H2,2-3H3. The number of rotatable bonds is 6. The predicted molar refractivity (Wildman–Crippen MR) is 64.6 cm³/mol. The Morgan fingerprint density at radius 1 is 1.67 bits per heavy atom. The molecule has 1 aromatic rings. The smallest absolute Gasteiger partial charge is 0.153 e. The van der Waals surface area contributed by atoms with E-state index < -0.39 is 0 Å². The highest BCUT2D eigenvalue weighted by molar-refractivity contribution is 9.10. The molecule has 0 aliphatic rings. The average molecular weight is 273 g/mol. The van der Waals surface area contributed by atoms with Crippen LogP contribution < -0.4 is 5.32 Å². The Morgan fingerprint density at radius 3 is 2.87 bits per heavy atom. The van der Waals surface area contributed by atoms with Crippen LogP contribution in [0.25, 0.3) is 0 Å². The number of nitrogens with zero attached hydrogens (tertiary/aromatic N) is 3. The first-order valence-electron chi connectivity index (χ1n) is 5.10. The van der Waals surface area contributed by atoms with Crippen LogP contribution in [0, 0.1) is 0 Å². The van der Waals surface area contributed by atoms with Gasteiger partial charge in [-0.15, -0.1) is 11.7 Å². The van der Waals surface area contributed by atoms with Gasteiger partial charge in [0, 0.05) is 7.05 Å². The third-order valence-corrected chi connectivity index (χ3v) is 2.76. The van der Waals surface area contributed by atoms with Gasteiger partial charge in [0.15, 0.2) is 4.60 Å². The Balaban J connectivity index is 2.82. The Hall–Kier alpha value is -0.680. The van der Waals surface area contributed by atoms with E-state index in [1.807, 2.05) is 13.1 Å². The first-order chi connectivity index (χ1) is 7.20. The summed E-state index contributed by atoms with van der Waals surface area (Å²) in [5.41, 5.74) is 1.07. The first kappa shape index (κ1) is 12.4. The summed E-state index contributed by atoms with van der Waals surface area (Å²) < 4.78 is 2.60. The molecular formula is C10H17BrN4. The molecule has 4 nitrogen and oxygen atoms in total. The fraction of sp³-hybridized carbons (Fsp3) is 0.600. The van der Waals surface area contributed by atoms with Gasteiger partial charge < -0.3 is 5.32 Å². The molecule has 1 aromatic heterocycles. The van der Waals surface area contributed by atoms with E-state index in [0.29, 0.717) is 0 Å². The number of hydrogen-bond donors (Lipinski definition) is 1. The van der Waals surface area contributed by atoms with Gasteiger partial charge in [-0.3, -0.25) is 0 Å². The maximum atomic E-state index is 3.98. The minimum absolute atomic E-state index is 0.233. The number of aromatic nitrogens is 3. The van der Waals surface area contributed by atoms with Crippen molar-refractivity contribution in [1.29, 1.82) is 0 Å². The molecular weight excluding hydrogens is 256 g/mol. The minimum Gasteiger partial charge on any atom is -0.308 e. The minimum atomic E-state index is 0.233. The lowest BCUT2D eigenvalue weighted by atomic mass is 10.1. The topological polar surface area (TPSA) is 42.7 Å². The van der Waals surface area contributed by atoms with Crippen LogP contribution in [0.4, 0.5) is 0 Å². The average Bonchev–Trinajstić information content (AvgIpc) is 2.54. The molecule has 0 amide bonds. The summed E-state index contributed by atoms with van der Waals surface area (Å²) in [5, 5.41) is 11.4. The lowest BCUT2D eigenvalue weighted by Crippen LogP contribution is -2.24.